The number of ether oxygens (including phenoxy) is 1. The quantitative estimate of drug-likeness (QED) is 0.404. The van der Waals surface area contributed by atoms with E-state index in [1.54, 1.807) is 0 Å². The number of aromatic amines is 1. The molecule has 0 aliphatic carbocycles. The van der Waals surface area contributed by atoms with Gasteiger partial charge in [0.05, 0.1) is 30.2 Å². The maximum Gasteiger partial charge on any atom is 0.193 e. The lowest BCUT2D eigenvalue weighted by Gasteiger charge is -2.13. The van der Waals surface area contributed by atoms with Crippen LogP contribution < -0.4 is 21.5 Å². The lowest BCUT2D eigenvalue weighted by Crippen LogP contribution is -2.31. The molecule has 0 unspecified atom stereocenters. The van der Waals surface area contributed by atoms with Crippen molar-refractivity contribution in [2.45, 2.75) is 13.0 Å². The number of aliphatic imine (C=N–C) groups is 1. The number of nitrogens with two attached hydrogens (primary N) is 2. The third kappa shape index (κ3) is 3.68. The van der Waals surface area contributed by atoms with E-state index in [-0.39, 0.29) is 5.96 Å². The van der Waals surface area contributed by atoms with E-state index in [9.17, 15) is 0 Å². The zero-order valence-corrected chi connectivity index (χ0v) is 15.4. The topological polar surface area (TPSA) is 114 Å². The van der Waals surface area contributed by atoms with E-state index in [0.717, 1.165) is 34.7 Å². The van der Waals surface area contributed by atoms with E-state index in [0.29, 0.717) is 18.8 Å². The number of guanidine groups is 1. The van der Waals surface area contributed by atoms with Crippen molar-refractivity contribution < 1.29 is 4.74 Å². The van der Waals surface area contributed by atoms with Crippen LogP contribution in [0.5, 0.6) is 5.75 Å². The predicted molar refractivity (Wildman–Crippen MR) is 110 cm³/mol. The van der Waals surface area contributed by atoms with Gasteiger partial charge in [-0.15, -0.1) is 0 Å². The summed E-state index contributed by atoms with van der Waals surface area (Å²) in [5, 5.41) is 10.4. The number of H-pyrrole nitrogens is 1. The van der Waals surface area contributed by atoms with Gasteiger partial charge >= 0.3 is 0 Å². The van der Waals surface area contributed by atoms with Crippen molar-refractivity contribution in [3.8, 4) is 17.0 Å². The number of para-hydroxylation sites is 1. The molecular formula is C21H22N6O. The van der Waals surface area contributed by atoms with Crippen molar-refractivity contribution in [1.82, 2.24) is 15.5 Å². The molecule has 0 atom stereocenters. The SMILES string of the molecule is N/C=C(\NC(N)=NCc1cc(-c2ccccc2)n[nH]1)c1cccc2c1OCC2. The molecule has 1 aliphatic heterocycles. The Balaban J connectivity index is 1.45. The molecule has 1 aliphatic rings. The molecule has 142 valence electrons. The lowest BCUT2D eigenvalue weighted by molar-refractivity contribution is 0.356. The molecule has 0 saturated carbocycles. The van der Waals surface area contributed by atoms with Gasteiger partial charge in [0.15, 0.2) is 5.96 Å². The van der Waals surface area contributed by atoms with Crippen molar-refractivity contribution in [1.29, 1.82) is 0 Å². The fraction of sp³-hybridized carbons (Fsp3) is 0.143. The Bertz CT molecular complexity index is 1020. The fourth-order valence-electron chi connectivity index (χ4n) is 3.17. The monoisotopic (exact) mass is 374 g/mol. The summed E-state index contributed by atoms with van der Waals surface area (Å²) in [6.07, 6.45) is 2.37. The summed E-state index contributed by atoms with van der Waals surface area (Å²) >= 11 is 0. The average molecular weight is 374 g/mol. The summed E-state index contributed by atoms with van der Waals surface area (Å²) in [5.41, 5.74) is 17.4. The van der Waals surface area contributed by atoms with Crippen molar-refractivity contribution in [3.05, 3.63) is 77.6 Å². The van der Waals surface area contributed by atoms with Crippen LogP contribution in [0.25, 0.3) is 17.0 Å². The van der Waals surface area contributed by atoms with Gasteiger partial charge in [-0.2, -0.15) is 5.10 Å². The highest BCUT2D eigenvalue weighted by Crippen LogP contribution is 2.32. The molecule has 7 heteroatoms. The first-order valence-corrected chi connectivity index (χ1v) is 9.08. The number of rotatable bonds is 5. The van der Waals surface area contributed by atoms with Crippen LogP contribution in [0.4, 0.5) is 0 Å². The minimum Gasteiger partial charge on any atom is -0.492 e. The summed E-state index contributed by atoms with van der Waals surface area (Å²) in [6, 6.07) is 17.9. The van der Waals surface area contributed by atoms with Gasteiger partial charge in [-0.3, -0.25) is 5.10 Å². The normalized spacial score (nSPS) is 13.9. The van der Waals surface area contributed by atoms with E-state index in [2.05, 4.69) is 26.6 Å². The van der Waals surface area contributed by atoms with Gasteiger partial charge < -0.3 is 21.5 Å². The third-order valence-corrected chi connectivity index (χ3v) is 4.55. The van der Waals surface area contributed by atoms with Crippen LogP contribution in [0.3, 0.4) is 0 Å². The third-order valence-electron chi connectivity index (χ3n) is 4.55. The first kappa shape index (κ1) is 17.7. The predicted octanol–water partition coefficient (Wildman–Crippen LogP) is 2.37. The number of hydrogen-bond donors (Lipinski definition) is 4. The zero-order valence-electron chi connectivity index (χ0n) is 15.4. The number of fused-ring (bicyclic) bond motifs is 1. The molecule has 6 N–H and O–H groups in total. The van der Waals surface area contributed by atoms with Crippen molar-refractivity contribution in [2.75, 3.05) is 6.61 Å². The van der Waals surface area contributed by atoms with Crippen molar-refractivity contribution >= 4 is 11.7 Å². The summed E-state index contributed by atoms with van der Waals surface area (Å²) < 4.78 is 5.74. The second kappa shape index (κ2) is 7.87. The van der Waals surface area contributed by atoms with Gasteiger partial charge in [-0.1, -0.05) is 42.5 Å². The Morgan fingerprint density at radius 2 is 2.07 bits per heavy atom. The molecule has 0 spiro atoms. The Kier molecular flexibility index (Phi) is 4.97. The van der Waals surface area contributed by atoms with Crippen LogP contribution in [0, 0.1) is 0 Å². The van der Waals surface area contributed by atoms with E-state index >= 15 is 0 Å². The summed E-state index contributed by atoms with van der Waals surface area (Å²) in [7, 11) is 0. The summed E-state index contributed by atoms with van der Waals surface area (Å²) in [5.74, 6) is 1.11. The van der Waals surface area contributed by atoms with Gasteiger partial charge in [0.2, 0.25) is 0 Å². The van der Waals surface area contributed by atoms with E-state index in [1.165, 1.54) is 11.8 Å². The van der Waals surface area contributed by atoms with Gasteiger partial charge in [-0.25, -0.2) is 4.99 Å². The summed E-state index contributed by atoms with van der Waals surface area (Å²) in [4.78, 5) is 4.38. The van der Waals surface area contributed by atoms with Gasteiger partial charge in [-0.05, 0) is 17.7 Å². The van der Waals surface area contributed by atoms with Crippen LogP contribution in [0.15, 0.2) is 65.8 Å². The second-order valence-corrected chi connectivity index (χ2v) is 6.44. The molecule has 2 heterocycles. The van der Waals surface area contributed by atoms with Crippen molar-refractivity contribution in [3.63, 3.8) is 0 Å². The van der Waals surface area contributed by atoms with E-state index < -0.39 is 0 Å². The second-order valence-electron chi connectivity index (χ2n) is 6.44. The molecule has 0 fully saturated rings. The summed E-state index contributed by atoms with van der Waals surface area (Å²) in [6.45, 7) is 1.05. The lowest BCUT2D eigenvalue weighted by atomic mass is 10.1. The molecule has 28 heavy (non-hydrogen) atoms. The fourth-order valence-corrected chi connectivity index (χ4v) is 3.17. The zero-order chi connectivity index (χ0) is 19.3. The number of nitrogens with one attached hydrogen (secondary N) is 2. The largest absolute Gasteiger partial charge is 0.492 e. The first-order chi connectivity index (χ1) is 13.7. The van der Waals surface area contributed by atoms with Gasteiger partial charge in [0.1, 0.15) is 5.75 Å². The highest BCUT2D eigenvalue weighted by atomic mass is 16.5. The Morgan fingerprint density at radius 1 is 1.21 bits per heavy atom. The standard InChI is InChI=1S/C21H22N6O/c22-12-19(17-8-4-7-15-9-10-28-20(15)17)25-21(23)24-13-16-11-18(27-26-16)14-5-2-1-3-6-14/h1-8,11-12H,9-10,13,22H2,(H,26,27)(H3,23,24,25)/b19-12-. The smallest absolute Gasteiger partial charge is 0.193 e. The molecule has 0 saturated heterocycles. The average Bonchev–Trinajstić information content (AvgIpc) is 3.40. The minimum absolute atomic E-state index is 0.267. The molecule has 2 aromatic carbocycles. The van der Waals surface area contributed by atoms with Crippen LogP contribution in [-0.2, 0) is 13.0 Å². The van der Waals surface area contributed by atoms with E-state index in [4.69, 9.17) is 16.2 Å². The Hall–Kier alpha value is -3.74. The van der Waals surface area contributed by atoms with Crippen molar-refractivity contribution in [2.24, 2.45) is 16.5 Å². The van der Waals surface area contributed by atoms with Gasteiger partial charge in [0, 0.05) is 23.7 Å². The molecule has 0 bridgehead atoms. The van der Waals surface area contributed by atoms with Crippen LogP contribution in [0.1, 0.15) is 16.8 Å². The first-order valence-electron chi connectivity index (χ1n) is 9.08. The molecule has 4 rings (SSSR count). The molecule has 7 nitrogen and oxygen atoms in total. The van der Waals surface area contributed by atoms with Crippen LogP contribution in [0.2, 0.25) is 0 Å². The van der Waals surface area contributed by atoms with Gasteiger partial charge in [0.25, 0.3) is 0 Å². The molecule has 0 radical (unpaired) electrons. The highest BCUT2D eigenvalue weighted by molar-refractivity contribution is 5.89. The van der Waals surface area contributed by atoms with E-state index in [1.807, 2.05) is 48.5 Å². The Labute approximate surface area is 163 Å². The molecule has 0 amide bonds. The minimum atomic E-state index is 0.267. The molecule has 1 aromatic heterocycles. The number of nitrogens with zero attached hydrogens (tertiary/aromatic N) is 2. The van der Waals surface area contributed by atoms with Crippen LogP contribution >= 0.6 is 0 Å². The molecule has 3 aromatic rings. The number of hydrogen-bond acceptors (Lipinski definition) is 4. The maximum atomic E-state index is 6.07. The number of benzene rings is 2. The Morgan fingerprint density at radius 3 is 2.89 bits per heavy atom. The number of aromatic nitrogens is 2. The molecular weight excluding hydrogens is 352 g/mol. The highest BCUT2D eigenvalue weighted by Gasteiger charge is 2.18. The maximum absolute atomic E-state index is 6.07. The van der Waals surface area contributed by atoms with Crippen LogP contribution in [-0.4, -0.2) is 22.8 Å².